The van der Waals surface area contributed by atoms with Crippen molar-refractivity contribution in [3.63, 3.8) is 0 Å². The zero-order valence-electron chi connectivity index (χ0n) is 10.3. The number of halogens is 1. The third kappa shape index (κ3) is 2.91. The summed E-state index contributed by atoms with van der Waals surface area (Å²) in [4.78, 5) is 7.78. The number of rotatable bonds is 3. The van der Waals surface area contributed by atoms with Crippen LogP contribution in [0.3, 0.4) is 0 Å². The van der Waals surface area contributed by atoms with Gasteiger partial charge >= 0.3 is 0 Å². The first-order valence-electron chi connectivity index (χ1n) is 6.13. The number of nitrogens with zero attached hydrogens (tertiary/aromatic N) is 2. The van der Waals surface area contributed by atoms with E-state index in [1.807, 2.05) is 0 Å². The van der Waals surface area contributed by atoms with Crippen molar-refractivity contribution in [1.82, 2.24) is 15.3 Å². The lowest BCUT2D eigenvalue weighted by Gasteiger charge is -2.29. The smallest absolute Gasteiger partial charge is 0.186 e. The number of hydrogen-bond donors (Lipinski definition) is 2. The van der Waals surface area contributed by atoms with Crippen LogP contribution in [0.25, 0.3) is 0 Å². The summed E-state index contributed by atoms with van der Waals surface area (Å²) in [6, 6.07) is 0.214. The Balaban J connectivity index is 2.01. The molecule has 2 rings (SSSR count). The van der Waals surface area contributed by atoms with Gasteiger partial charge in [0, 0.05) is 6.04 Å². The van der Waals surface area contributed by atoms with Crippen LogP contribution in [0.5, 0.6) is 0 Å². The van der Waals surface area contributed by atoms with Crippen molar-refractivity contribution in [2.75, 3.05) is 18.4 Å². The largest absolute Gasteiger partial charge is 0.365 e. The highest BCUT2D eigenvalue weighted by molar-refractivity contribution is 5.37. The van der Waals surface area contributed by atoms with E-state index in [1.54, 1.807) is 6.92 Å². The van der Waals surface area contributed by atoms with E-state index in [0.29, 0.717) is 17.4 Å². The second-order valence-corrected chi connectivity index (χ2v) is 4.66. The minimum absolute atomic E-state index is 0.214. The highest BCUT2D eigenvalue weighted by atomic mass is 19.1. The predicted octanol–water partition coefficient (Wildman–Crippen LogP) is 1.72. The minimum atomic E-state index is -0.344. The Morgan fingerprint density at radius 2 is 2.35 bits per heavy atom. The third-order valence-electron chi connectivity index (χ3n) is 3.37. The van der Waals surface area contributed by atoms with E-state index < -0.39 is 0 Å². The van der Waals surface area contributed by atoms with Crippen LogP contribution < -0.4 is 10.6 Å². The predicted molar refractivity (Wildman–Crippen MR) is 65.4 cm³/mol. The average Bonchev–Trinajstić information content (AvgIpc) is 2.36. The first-order valence-corrected chi connectivity index (χ1v) is 6.13. The summed E-state index contributed by atoms with van der Waals surface area (Å²) in [5.74, 6) is 0.497. The topological polar surface area (TPSA) is 49.8 Å². The molecule has 2 unspecified atom stereocenters. The van der Waals surface area contributed by atoms with Gasteiger partial charge in [0.1, 0.15) is 6.33 Å². The molecule has 0 saturated carbocycles. The summed E-state index contributed by atoms with van der Waals surface area (Å²) < 4.78 is 13.7. The molecule has 4 nitrogen and oxygen atoms in total. The van der Waals surface area contributed by atoms with Crippen molar-refractivity contribution >= 4 is 5.82 Å². The van der Waals surface area contributed by atoms with Gasteiger partial charge in [0.05, 0.1) is 5.69 Å². The van der Waals surface area contributed by atoms with Crippen LogP contribution in [-0.2, 0) is 0 Å². The molecule has 0 spiro atoms. The van der Waals surface area contributed by atoms with E-state index in [9.17, 15) is 4.39 Å². The van der Waals surface area contributed by atoms with Crippen LogP contribution in [0.1, 0.15) is 25.5 Å². The highest BCUT2D eigenvalue weighted by Crippen LogP contribution is 2.19. The molecule has 1 saturated heterocycles. The van der Waals surface area contributed by atoms with Crippen molar-refractivity contribution in [1.29, 1.82) is 0 Å². The summed E-state index contributed by atoms with van der Waals surface area (Å²) in [5, 5.41) is 6.52. The summed E-state index contributed by atoms with van der Waals surface area (Å²) in [7, 11) is 0. The van der Waals surface area contributed by atoms with Crippen LogP contribution in [0.15, 0.2) is 6.33 Å². The molecule has 1 fully saturated rings. The fourth-order valence-electron chi connectivity index (χ4n) is 2.20. The molecule has 94 valence electrons. The van der Waals surface area contributed by atoms with E-state index in [0.717, 1.165) is 13.1 Å². The molecule has 0 radical (unpaired) electrons. The molecule has 1 aliphatic heterocycles. The Kier molecular flexibility index (Phi) is 3.89. The van der Waals surface area contributed by atoms with Gasteiger partial charge in [-0.2, -0.15) is 0 Å². The molecule has 0 bridgehead atoms. The molecular weight excluding hydrogens is 219 g/mol. The molecule has 17 heavy (non-hydrogen) atoms. The van der Waals surface area contributed by atoms with Crippen molar-refractivity contribution in [2.45, 2.75) is 32.7 Å². The monoisotopic (exact) mass is 238 g/mol. The quantitative estimate of drug-likeness (QED) is 0.842. The lowest BCUT2D eigenvalue weighted by molar-refractivity contribution is 0.346. The molecule has 1 aliphatic rings. The second kappa shape index (κ2) is 5.40. The standard InChI is InChI=1S/C12H19FN4/c1-8(10-4-3-5-14-6-10)17-12-11(13)9(2)15-7-16-12/h7-8,10,14H,3-6H2,1-2H3,(H,15,16,17). The Bertz CT molecular complexity index is 377. The Morgan fingerprint density at radius 1 is 1.53 bits per heavy atom. The Morgan fingerprint density at radius 3 is 3.06 bits per heavy atom. The minimum Gasteiger partial charge on any atom is -0.365 e. The van der Waals surface area contributed by atoms with Crippen molar-refractivity contribution in [2.24, 2.45) is 5.92 Å². The van der Waals surface area contributed by atoms with Crippen LogP contribution in [0.4, 0.5) is 10.2 Å². The van der Waals surface area contributed by atoms with E-state index in [1.165, 1.54) is 19.2 Å². The van der Waals surface area contributed by atoms with E-state index in [4.69, 9.17) is 0 Å². The average molecular weight is 238 g/mol. The fourth-order valence-corrected chi connectivity index (χ4v) is 2.20. The van der Waals surface area contributed by atoms with Gasteiger partial charge < -0.3 is 10.6 Å². The maximum atomic E-state index is 13.7. The van der Waals surface area contributed by atoms with Crippen molar-refractivity contribution in [3.8, 4) is 0 Å². The summed E-state index contributed by atoms with van der Waals surface area (Å²) in [5.41, 5.74) is 0.386. The van der Waals surface area contributed by atoms with Gasteiger partial charge in [-0.1, -0.05) is 0 Å². The number of hydrogen-bond acceptors (Lipinski definition) is 4. The third-order valence-corrected chi connectivity index (χ3v) is 3.37. The van der Waals surface area contributed by atoms with Gasteiger partial charge in [-0.25, -0.2) is 14.4 Å². The molecule has 1 aromatic rings. The van der Waals surface area contributed by atoms with Gasteiger partial charge in [0.15, 0.2) is 11.6 Å². The van der Waals surface area contributed by atoms with Crippen LogP contribution in [0, 0.1) is 18.7 Å². The maximum Gasteiger partial charge on any atom is 0.186 e. The van der Waals surface area contributed by atoms with Crippen LogP contribution >= 0.6 is 0 Å². The first-order chi connectivity index (χ1) is 8.18. The molecule has 0 aliphatic carbocycles. The van der Waals surface area contributed by atoms with Gasteiger partial charge in [-0.05, 0) is 45.7 Å². The summed E-state index contributed by atoms with van der Waals surface area (Å²) in [6.45, 7) is 5.80. The second-order valence-electron chi connectivity index (χ2n) is 4.66. The fraction of sp³-hybridized carbons (Fsp3) is 0.667. The molecular formula is C12H19FN4. The first kappa shape index (κ1) is 12.2. The molecule has 1 aromatic heterocycles. The van der Waals surface area contributed by atoms with Crippen LogP contribution in [0.2, 0.25) is 0 Å². The van der Waals surface area contributed by atoms with E-state index in [2.05, 4.69) is 27.5 Å². The molecule has 5 heteroatoms. The lowest BCUT2D eigenvalue weighted by atomic mass is 9.93. The van der Waals surface area contributed by atoms with Crippen molar-refractivity contribution < 1.29 is 4.39 Å². The lowest BCUT2D eigenvalue weighted by Crippen LogP contribution is -2.39. The number of aromatic nitrogens is 2. The zero-order valence-corrected chi connectivity index (χ0v) is 10.3. The number of anilines is 1. The molecule has 2 atom stereocenters. The summed E-state index contributed by atoms with van der Waals surface area (Å²) >= 11 is 0. The molecule has 0 aromatic carbocycles. The van der Waals surface area contributed by atoms with Gasteiger partial charge in [0.2, 0.25) is 0 Å². The molecule has 2 N–H and O–H groups in total. The van der Waals surface area contributed by atoms with E-state index in [-0.39, 0.29) is 11.9 Å². The normalized spacial score (nSPS) is 22.2. The zero-order chi connectivity index (χ0) is 12.3. The van der Waals surface area contributed by atoms with Crippen LogP contribution in [-0.4, -0.2) is 29.1 Å². The maximum absolute atomic E-state index is 13.7. The van der Waals surface area contributed by atoms with E-state index >= 15 is 0 Å². The molecule has 0 amide bonds. The van der Waals surface area contributed by atoms with Gasteiger partial charge in [-0.3, -0.25) is 0 Å². The number of nitrogens with one attached hydrogen (secondary N) is 2. The molecule has 2 heterocycles. The van der Waals surface area contributed by atoms with Gasteiger partial charge in [0.25, 0.3) is 0 Å². The van der Waals surface area contributed by atoms with Gasteiger partial charge in [-0.15, -0.1) is 0 Å². The Hall–Kier alpha value is -1.23. The number of aryl methyl sites for hydroxylation is 1. The Labute approximate surface area is 101 Å². The highest BCUT2D eigenvalue weighted by Gasteiger charge is 2.21. The number of piperidine rings is 1. The SMILES string of the molecule is Cc1ncnc(NC(C)C2CCCNC2)c1F. The van der Waals surface area contributed by atoms with Crippen molar-refractivity contribution in [3.05, 3.63) is 17.8 Å². The summed E-state index contributed by atoms with van der Waals surface area (Å²) in [6.07, 6.45) is 3.75.